The molecule has 1 saturated heterocycles. The Kier molecular flexibility index (Phi) is 5.01. The zero-order valence-corrected chi connectivity index (χ0v) is 14.8. The van der Waals surface area contributed by atoms with E-state index in [4.69, 9.17) is 4.74 Å². The van der Waals surface area contributed by atoms with Crippen molar-refractivity contribution in [2.75, 3.05) is 6.61 Å². The van der Waals surface area contributed by atoms with Gasteiger partial charge in [0.2, 0.25) is 0 Å². The molecule has 0 aliphatic carbocycles. The molecule has 3 nitrogen and oxygen atoms in total. The summed E-state index contributed by atoms with van der Waals surface area (Å²) in [5, 5.41) is 2.02. The van der Waals surface area contributed by atoms with Crippen molar-refractivity contribution in [3.8, 4) is 0 Å². The molecule has 0 bridgehead atoms. The third-order valence-electron chi connectivity index (χ3n) is 4.37. The lowest BCUT2D eigenvalue weighted by atomic mass is 9.92. The van der Waals surface area contributed by atoms with Crippen LogP contribution in [-0.2, 0) is 11.3 Å². The third-order valence-corrected chi connectivity index (χ3v) is 5.23. The second-order valence-electron chi connectivity index (χ2n) is 6.77. The number of thiophene rings is 1. The number of carbonyl (C=O) groups excluding carboxylic acids is 1. The molecule has 1 aromatic carbocycles. The highest BCUT2D eigenvalue weighted by Gasteiger charge is 2.34. The van der Waals surface area contributed by atoms with Gasteiger partial charge in [-0.2, -0.15) is 0 Å². The van der Waals surface area contributed by atoms with E-state index < -0.39 is 0 Å². The summed E-state index contributed by atoms with van der Waals surface area (Å²) in [5.74, 6) is -0.380. The van der Waals surface area contributed by atoms with E-state index >= 15 is 0 Å². The first kappa shape index (κ1) is 17.1. The Morgan fingerprint density at radius 3 is 2.71 bits per heavy atom. The van der Waals surface area contributed by atoms with Crippen LogP contribution in [0.25, 0.3) is 0 Å². The number of ether oxygens (including phenoxy) is 1. The normalized spacial score (nSPS) is 19.9. The number of hydrogen-bond donors (Lipinski definition) is 0. The van der Waals surface area contributed by atoms with Crippen molar-refractivity contribution in [1.29, 1.82) is 0 Å². The second kappa shape index (κ2) is 7.03. The molecule has 0 spiro atoms. The molecule has 0 N–H and O–H groups in total. The van der Waals surface area contributed by atoms with Gasteiger partial charge in [-0.25, -0.2) is 4.39 Å². The first-order chi connectivity index (χ1) is 11.4. The summed E-state index contributed by atoms with van der Waals surface area (Å²) in [4.78, 5) is 16.1. The minimum absolute atomic E-state index is 0.0499. The van der Waals surface area contributed by atoms with Crippen LogP contribution in [0.3, 0.4) is 0 Å². The molecule has 1 aromatic heterocycles. The fourth-order valence-electron chi connectivity index (χ4n) is 3.16. The molecule has 1 fully saturated rings. The summed E-state index contributed by atoms with van der Waals surface area (Å²) >= 11 is 1.65. The Balaban J connectivity index is 1.86. The largest absolute Gasteiger partial charge is 0.375 e. The number of nitrogens with zero attached hydrogens (tertiary/aromatic N) is 1. The maximum atomic E-state index is 13.2. The molecule has 128 valence electrons. The monoisotopic (exact) mass is 347 g/mol. The summed E-state index contributed by atoms with van der Waals surface area (Å²) in [6.45, 7) is 5.35. The fraction of sp³-hybridized carbons (Fsp3) is 0.421. The molecule has 5 heteroatoms. The Bertz CT molecular complexity index is 682. The van der Waals surface area contributed by atoms with Crippen molar-refractivity contribution in [3.63, 3.8) is 0 Å². The Labute approximate surface area is 146 Å². The first-order valence-corrected chi connectivity index (χ1v) is 9.05. The van der Waals surface area contributed by atoms with Crippen molar-refractivity contribution < 1.29 is 13.9 Å². The Hall–Kier alpha value is -1.72. The van der Waals surface area contributed by atoms with Crippen molar-refractivity contribution in [1.82, 2.24) is 4.90 Å². The quantitative estimate of drug-likeness (QED) is 0.816. The van der Waals surface area contributed by atoms with E-state index in [2.05, 4.69) is 13.8 Å². The molecule has 3 rings (SSSR count). The Morgan fingerprint density at radius 1 is 1.33 bits per heavy atom. The highest BCUT2D eigenvalue weighted by Crippen LogP contribution is 2.30. The second-order valence-corrected chi connectivity index (χ2v) is 7.81. The van der Waals surface area contributed by atoms with E-state index in [0.29, 0.717) is 18.7 Å². The van der Waals surface area contributed by atoms with Gasteiger partial charge in [0, 0.05) is 23.1 Å². The van der Waals surface area contributed by atoms with E-state index in [0.717, 1.165) is 17.7 Å². The van der Waals surface area contributed by atoms with Gasteiger partial charge >= 0.3 is 0 Å². The van der Waals surface area contributed by atoms with Crippen LogP contribution in [0.1, 0.15) is 41.9 Å². The molecule has 24 heavy (non-hydrogen) atoms. The number of rotatable bonds is 4. The maximum absolute atomic E-state index is 13.2. The highest BCUT2D eigenvalue weighted by atomic mass is 32.1. The lowest BCUT2D eigenvalue weighted by Crippen LogP contribution is -2.48. The zero-order valence-electron chi connectivity index (χ0n) is 14.0. The SMILES string of the molecule is CC1(C)CC(N(Cc2cccs2)C(=O)c2ccc(F)cc2)CCO1. The van der Waals surface area contributed by atoms with E-state index in [1.807, 2.05) is 22.4 Å². The van der Waals surface area contributed by atoms with Gasteiger partial charge in [-0.15, -0.1) is 11.3 Å². The summed E-state index contributed by atoms with van der Waals surface area (Å²) in [6, 6.07) is 9.95. The van der Waals surface area contributed by atoms with Gasteiger partial charge in [-0.1, -0.05) is 6.07 Å². The number of halogens is 1. The molecule has 1 aliphatic rings. The summed E-state index contributed by atoms with van der Waals surface area (Å²) in [7, 11) is 0. The topological polar surface area (TPSA) is 29.5 Å². The van der Waals surface area contributed by atoms with Crippen LogP contribution >= 0.6 is 11.3 Å². The minimum atomic E-state index is -0.330. The van der Waals surface area contributed by atoms with E-state index in [-0.39, 0.29) is 23.4 Å². The lowest BCUT2D eigenvalue weighted by molar-refractivity contribution is -0.0791. The molecular weight excluding hydrogens is 325 g/mol. The van der Waals surface area contributed by atoms with Crippen LogP contribution in [0.2, 0.25) is 0 Å². The van der Waals surface area contributed by atoms with E-state index in [1.165, 1.54) is 12.1 Å². The molecule has 2 heterocycles. The van der Waals surface area contributed by atoms with Gasteiger partial charge in [0.05, 0.1) is 12.1 Å². The third kappa shape index (κ3) is 4.02. The maximum Gasteiger partial charge on any atom is 0.254 e. The molecule has 2 aromatic rings. The molecule has 0 saturated carbocycles. The molecule has 1 aliphatic heterocycles. The number of amides is 1. The standard InChI is InChI=1S/C19H22FNO2S/c1-19(2)12-16(9-10-23-19)21(13-17-4-3-11-24-17)18(22)14-5-7-15(20)8-6-14/h3-8,11,16H,9-10,12-13H2,1-2H3. The summed E-state index contributed by atoms with van der Waals surface area (Å²) < 4.78 is 19.0. The highest BCUT2D eigenvalue weighted by molar-refractivity contribution is 7.09. The number of carbonyl (C=O) groups is 1. The molecular formula is C19H22FNO2S. The van der Waals surface area contributed by atoms with E-state index in [9.17, 15) is 9.18 Å². The van der Waals surface area contributed by atoms with Crippen LogP contribution in [0.5, 0.6) is 0 Å². The van der Waals surface area contributed by atoms with Gasteiger partial charge < -0.3 is 9.64 Å². The van der Waals surface area contributed by atoms with Crippen molar-refractivity contribution in [2.24, 2.45) is 0 Å². The fourth-order valence-corrected chi connectivity index (χ4v) is 3.86. The predicted molar refractivity (Wildman–Crippen MR) is 93.6 cm³/mol. The average molecular weight is 347 g/mol. The van der Waals surface area contributed by atoms with Gasteiger partial charge in [0.15, 0.2) is 0 Å². The van der Waals surface area contributed by atoms with Crippen LogP contribution in [0, 0.1) is 5.82 Å². The number of hydrogen-bond acceptors (Lipinski definition) is 3. The average Bonchev–Trinajstić information content (AvgIpc) is 3.05. The van der Waals surface area contributed by atoms with Gasteiger partial charge in [-0.3, -0.25) is 4.79 Å². The Morgan fingerprint density at radius 2 is 2.08 bits per heavy atom. The smallest absolute Gasteiger partial charge is 0.254 e. The van der Waals surface area contributed by atoms with Gasteiger partial charge in [-0.05, 0) is 62.4 Å². The first-order valence-electron chi connectivity index (χ1n) is 8.17. The van der Waals surface area contributed by atoms with Crippen LogP contribution < -0.4 is 0 Å². The molecule has 0 radical (unpaired) electrons. The molecule has 1 amide bonds. The van der Waals surface area contributed by atoms with Gasteiger partial charge in [0.1, 0.15) is 5.82 Å². The molecule has 1 unspecified atom stereocenters. The minimum Gasteiger partial charge on any atom is -0.375 e. The lowest BCUT2D eigenvalue weighted by Gasteiger charge is -2.41. The van der Waals surface area contributed by atoms with Crippen LogP contribution in [-0.4, -0.2) is 29.1 Å². The molecule has 1 atom stereocenters. The van der Waals surface area contributed by atoms with Crippen molar-refractivity contribution >= 4 is 17.2 Å². The van der Waals surface area contributed by atoms with Crippen LogP contribution in [0.15, 0.2) is 41.8 Å². The van der Waals surface area contributed by atoms with Crippen molar-refractivity contribution in [3.05, 3.63) is 58.0 Å². The van der Waals surface area contributed by atoms with Gasteiger partial charge in [0.25, 0.3) is 5.91 Å². The summed E-state index contributed by atoms with van der Waals surface area (Å²) in [5.41, 5.74) is 0.289. The van der Waals surface area contributed by atoms with E-state index in [1.54, 1.807) is 23.5 Å². The zero-order chi connectivity index (χ0) is 17.2. The van der Waals surface area contributed by atoms with Crippen LogP contribution in [0.4, 0.5) is 4.39 Å². The predicted octanol–water partition coefficient (Wildman–Crippen LogP) is 4.49. The number of benzene rings is 1. The summed E-state index contributed by atoms with van der Waals surface area (Å²) in [6.07, 6.45) is 1.62. The van der Waals surface area contributed by atoms with Crippen molar-refractivity contribution in [2.45, 2.75) is 44.9 Å².